The highest BCUT2D eigenvalue weighted by atomic mass is 32.1. The molecule has 0 bridgehead atoms. The summed E-state index contributed by atoms with van der Waals surface area (Å²) in [6.45, 7) is 3.15. The van der Waals surface area contributed by atoms with E-state index in [1.807, 2.05) is 24.3 Å². The minimum absolute atomic E-state index is 0.522. The van der Waals surface area contributed by atoms with Crippen molar-refractivity contribution in [2.75, 3.05) is 13.2 Å². The molecule has 0 amide bonds. The summed E-state index contributed by atoms with van der Waals surface area (Å²) in [6, 6.07) is 16.4. The molecule has 3 aromatic rings. The summed E-state index contributed by atoms with van der Waals surface area (Å²) < 4.78 is 5.49. The van der Waals surface area contributed by atoms with Gasteiger partial charge in [-0.25, -0.2) is 4.98 Å². The van der Waals surface area contributed by atoms with Gasteiger partial charge >= 0.3 is 0 Å². The average molecular weight is 310 g/mol. The van der Waals surface area contributed by atoms with Crippen LogP contribution in [0.3, 0.4) is 0 Å². The van der Waals surface area contributed by atoms with Gasteiger partial charge in [-0.2, -0.15) is 0 Å². The lowest BCUT2D eigenvalue weighted by Gasteiger charge is -2.04. The number of rotatable bonds is 5. The van der Waals surface area contributed by atoms with Crippen molar-refractivity contribution >= 4 is 11.3 Å². The highest BCUT2D eigenvalue weighted by Gasteiger charge is 2.06. The molecule has 0 saturated carbocycles. The summed E-state index contributed by atoms with van der Waals surface area (Å²) in [5.41, 5.74) is 9.93. The van der Waals surface area contributed by atoms with Crippen LogP contribution >= 0.6 is 11.3 Å². The molecule has 4 heteroatoms. The van der Waals surface area contributed by atoms with Gasteiger partial charge in [-0.05, 0) is 31.2 Å². The molecule has 1 aromatic heterocycles. The second kappa shape index (κ2) is 6.73. The van der Waals surface area contributed by atoms with E-state index in [-0.39, 0.29) is 0 Å². The van der Waals surface area contributed by atoms with Crippen LogP contribution in [0.1, 0.15) is 5.56 Å². The maximum atomic E-state index is 5.49. The van der Waals surface area contributed by atoms with Crippen molar-refractivity contribution in [3.63, 3.8) is 0 Å². The number of benzene rings is 2. The third-order valence-corrected chi connectivity index (χ3v) is 4.23. The van der Waals surface area contributed by atoms with Gasteiger partial charge in [0.25, 0.3) is 0 Å². The van der Waals surface area contributed by atoms with Crippen LogP contribution in [0.5, 0.6) is 5.75 Å². The Labute approximate surface area is 134 Å². The zero-order valence-electron chi connectivity index (χ0n) is 12.5. The molecule has 0 spiro atoms. The summed E-state index contributed by atoms with van der Waals surface area (Å²) in [7, 11) is 0. The minimum Gasteiger partial charge on any atom is -0.492 e. The highest BCUT2D eigenvalue weighted by molar-refractivity contribution is 7.13. The molecule has 0 aliphatic heterocycles. The van der Waals surface area contributed by atoms with E-state index in [4.69, 9.17) is 15.5 Å². The third kappa shape index (κ3) is 3.35. The Morgan fingerprint density at radius 1 is 1.00 bits per heavy atom. The van der Waals surface area contributed by atoms with Crippen LogP contribution in [-0.2, 0) is 0 Å². The molecule has 0 saturated heterocycles. The SMILES string of the molecule is Cc1ccc(-c2nc(-c3ccc(OCCN)cc3)cs2)cc1. The molecular weight excluding hydrogens is 292 g/mol. The van der Waals surface area contributed by atoms with Crippen LogP contribution in [0, 0.1) is 6.92 Å². The topological polar surface area (TPSA) is 48.1 Å². The quantitative estimate of drug-likeness (QED) is 0.771. The molecule has 0 aliphatic rings. The number of nitrogens with two attached hydrogens (primary N) is 1. The number of aryl methyl sites for hydroxylation is 1. The van der Waals surface area contributed by atoms with Gasteiger partial charge in [0.05, 0.1) is 5.69 Å². The van der Waals surface area contributed by atoms with Crippen molar-refractivity contribution in [3.05, 3.63) is 59.5 Å². The molecule has 3 nitrogen and oxygen atoms in total. The van der Waals surface area contributed by atoms with Crippen molar-refractivity contribution < 1.29 is 4.74 Å². The Morgan fingerprint density at radius 3 is 2.36 bits per heavy atom. The van der Waals surface area contributed by atoms with Crippen LogP contribution in [0.25, 0.3) is 21.8 Å². The molecule has 112 valence electrons. The molecule has 0 fully saturated rings. The predicted molar refractivity (Wildman–Crippen MR) is 92.3 cm³/mol. The molecular formula is C18H18N2OS. The minimum atomic E-state index is 0.522. The van der Waals surface area contributed by atoms with Crippen molar-refractivity contribution in [2.24, 2.45) is 5.73 Å². The summed E-state index contributed by atoms with van der Waals surface area (Å²) in [4.78, 5) is 4.73. The van der Waals surface area contributed by atoms with Gasteiger partial charge in [-0.1, -0.05) is 29.8 Å². The van der Waals surface area contributed by atoms with E-state index in [0.29, 0.717) is 13.2 Å². The van der Waals surface area contributed by atoms with E-state index in [2.05, 4.69) is 36.6 Å². The number of hydrogen-bond acceptors (Lipinski definition) is 4. The molecule has 0 unspecified atom stereocenters. The first-order valence-electron chi connectivity index (χ1n) is 7.22. The Morgan fingerprint density at radius 2 is 1.68 bits per heavy atom. The van der Waals surface area contributed by atoms with Crippen LogP contribution in [0.15, 0.2) is 53.9 Å². The third-order valence-electron chi connectivity index (χ3n) is 3.34. The molecule has 22 heavy (non-hydrogen) atoms. The van der Waals surface area contributed by atoms with Gasteiger partial charge < -0.3 is 10.5 Å². The molecule has 3 rings (SSSR count). The van der Waals surface area contributed by atoms with Crippen LogP contribution in [-0.4, -0.2) is 18.1 Å². The number of thiazole rings is 1. The summed E-state index contributed by atoms with van der Waals surface area (Å²) in [5.74, 6) is 0.836. The van der Waals surface area contributed by atoms with Crippen molar-refractivity contribution in [2.45, 2.75) is 6.92 Å². The van der Waals surface area contributed by atoms with Gasteiger partial charge in [0, 0.05) is 23.1 Å². The van der Waals surface area contributed by atoms with Crippen LogP contribution < -0.4 is 10.5 Å². The number of ether oxygens (including phenoxy) is 1. The fourth-order valence-electron chi connectivity index (χ4n) is 2.13. The first-order chi connectivity index (χ1) is 10.8. The second-order valence-electron chi connectivity index (χ2n) is 5.07. The molecule has 0 atom stereocenters. The van der Waals surface area contributed by atoms with E-state index >= 15 is 0 Å². The van der Waals surface area contributed by atoms with E-state index in [1.165, 1.54) is 5.56 Å². The van der Waals surface area contributed by atoms with Crippen molar-refractivity contribution in [3.8, 4) is 27.6 Å². The smallest absolute Gasteiger partial charge is 0.124 e. The monoisotopic (exact) mass is 310 g/mol. The summed E-state index contributed by atoms with van der Waals surface area (Å²) >= 11 is 1.66. The largest absolute Gasteiger partial charge is 0.492 e. The molecule has 0 radical (unpaired) electrons. The molecule has 0 aliphatic carbocycles. The van der Waals surface area contributed by atoms with Gasteiger partial charge in [0.1, 0.15) is 17.4 Å². The lowest BCUT2D eigenvalue weighted by atomic mass is 10.1. The van der Waals surface area contributed by atoms with Crippen molar-refractivity contribution in [1.29, 1.82) is 0 Å². The predicted octanol–water partition coefficient (Wildman–Crippen LogP) is 4.12. The average Bonchev–Trinajstić information content (AvgIpc) is 3.04. The van der Waals surface area contributed by atoms with Crippen molar-refractivity contribution in [1.82, 2.24) is 4.98 Å². The number of hydrogen-bond donors (Lipinski definition) is 1. The van der Waals surface area contributed by atoms with E-state index in [9.17, 15) is 0 Å². The Kier molecular flexibility index (Phi) is 4.51. The fraction of sp³-hybridized carbons (Fsp3) is 0.167. The van der Waals surface area contributed by atoms with Crippen LogP contribution in [0.2, 0.25) is 0 Å². The van der Waals surface area contributed by atoms with Gasteiger partial charge in [-0.3, -0.25) is 0 Å². The van der Waals surface area contributed by atoms with E-state index in [0.717, 1.165) is 27.6 Å². The maximum absolute atomic E-state index is 5.49. The fourth-order valence-corrected chi connectivity index (χ4v) is 2.97. The first-order valence-corrected chi connectivity index (χ1v) is 8.10. The lowest BCUT2D eigenvalue weighted by Crippen LogP contribution is -2.10. The Hall–Kier alpha value is -2.17. The van der Waals surface area contributed by atoms with Gasteiger partial charge in [0.15, 0.2) is 0 Å². The number of aromatic nitrogens is 1. The second-order valence-corrected chi connectivity index (χ2v) is 5.92. The van der Waals surface area contributed by atoms with Crippen LogP contribution in [0.4, 0.5) is 0 Å². The molecule has 2 aromatic carbocycles. The number of nitrogens with zero attached hydrogens (tertiary/aromatic N) is 1. The van der Waals surface area contributed by atoms with Gasteiger partial charge in [0.2, 0.25) is 0 Å². The molecule has 1 heterocycles. The Bertz CT molecular complexity index is 733. The van der Waals surface area contributed by atoms with E-state index < -0.39 is 0 Å². The zero-order chi connectivity index (χ0) is 15.4. The lowest BCUT2D eigenvalue weighted by molar-refractivity contribution is 0.328. The first kappa shape index (κ1) is 14.8. The highest BCUT2D eigenvalue weighted by Crippen LogP contribution is 2.29. The zero-order valence-corrected chi connectivity index (χ0v) is 13.3. The normalized spacial score (nSPS) is 10.6. The summed E-state index contributed by atoms with van der Waals surface area (Å²) in [5, 5.41) is 3.13. The van der Waals surface area contributed by atoms with E-state index in [1.54, 1.807) is 11.3 Å². The van der Waals surface area contributed by atoms with Gasteiger partial charge in [-0.15, -0.1) is 11.3 Å². The maximum Gasteiger partial charge on any atom is 0.124 e. The molecule has 2 N–H and O–H groups in total. The Balaban J connectivity index is 1.79. The standard InChI is InChI=1S/C18H18N2OS/c1-13-2-4-15(5-3-13)18-20-17(12-22-18)14-6-8-16(9-7-14)21-11-10-19/h2-9,12H,10-11,19H2,1H3. The summed E-state index contributed by atoms with van der Waals surface area (Å²) in [6.07, 6.45) is 0.